The molecule has 0 spiro atoms. The minimum atomic E-state index is -0.811. The van der Waals surface area contributed by atoms with Crippen molar-refractivity contribution in [2.24, 2.45) is 5.73 Å². The number of nitrogens with one attached hydrogen (secondary N) is 1. The van der Waals surface area contributed by atoms with Gasteiger partial charge in [-0.2, -0.15) is 0 Å². The minimum Gasteiger partial charge on any atom is -0.368 e. The molecule has 0 radical (unpaired) electrons. The fourth-order valence-electron chi connectivity index (χ4n) is 3.56. The minimum absolute atomic E-state index is 0.0457. The molecular formula is C16H20N2O2. The van der Waals surface area contributed by atoms with E-state index < -0.39 is 11.4 Å². The van der Waals surface area contributed by atoms with Crippen LogP contribution in [0, 0.1) is 0 Å². The van der Waals surface area contributed by atoms with Gasteiger partial charge in [0.2, 0.25) is 11.8 Å². The van der Waals surface area contributed by atoms with Crippen LogP contribution in [0.3, 0.4) is 0 Å². The zero-order chi connectivity index (χ0) is 14.2. The summed E-state index contributed by atoms with van der Waals surface area (Å²) in [5.41, 5.74) is 7.05. The molecule has 4 nitrogen and oxygen atoms in total. The largest absolute Gasteiger partial charge is 0.368 e. The first-order valence-electron chi connectivity index (χ1n) is 7.32. The number of hydrogen-bond acceptors (Lipinski definition) is 2. The van der Waals surface area contributed by atoms with Crippen LogP contribution in [0.25, 0.3) is 0 Å². The van der Waals surface area contributed by atoms with Gasteiger partial charge < -0.3 is 11.1 Å². The van der Waals surface area contributed by atoms with Gasteiger partial charge in [0.05, 0.1) is 5.92 Å². The van der Waals surface area contributed by atoms with Gasteiger partial charge in [-0.15, -0.1) is 0 Å². The van der Waals surface area contributed by atoms with E-state index in [0.717, 1.165) is 31.2 Å². The first-order chi connectivity index (χ1) is 9.62. The third-order valence-corrected chi connectivity index (χ3v) is 4.74. The lowest BCUT2D eigenvalue weighted by atomic mass is 9.93. The molecule has 4 heteroatoms. The van der Waals surface area contributed by atoms with E-state index in [9.17, 15) is 9.59 Å². The van der Waals surface area contributed by atoms with Crippen LogP contribution in [0.2, 0.25) is 0 Å². The summed E-state index contributed by atoms with van der Waals surface area (Å²) in [4.78, 5) is 24.3. The molecule has 2 amide bonds. The van der Waals surface area contributed by atoms with Crippen LogP contribution in [0.4, 0.5) is 0 Å². The Labute approximate surface area is 118 Å². The van der Waals surface area contributed by atoms with Crippen molar-refractivity contribution in [3.63, 3.8) is 0 Å². The van der Waals surface area contributed by atoms with Crippen LogP contribution in [-0.4, -0.2) is 17.4 Å². The summed E-state index contributed by atoms with van der Waals surface area (Å²) in [7, 11) is 0. The molecule has 20 heavy (non-hydrogen) atoms. The van der Waals surface area contributed by atoms with E-state index in [2.05, 4.69) is 11.4 Å². The highest BCUT2D eigenvalue weighted by Gasteiger charge is 2.42. The first kappa shape index (κ1) is 13.2. The fraction of sp³-hybridized carbons (Fsp3) is 0.500. The molecule has 3 N–H and O–H groups in total. The quantitative estimate of drug-likeness (QED) is 0.877. The van der Waals surface area contributed by atoms with Crippen LogP contribution < -0.4 is 11.1 Å². The van der Waals surface area contributed by atoms with Gasteiger partial charge >= 0.3 is 0 Å². The molecule has 2 aliphatic rings. The van der Waals surface area contributed by atoms with Gasteiger partial charge in [-0.3, -0.25) is 9.59 Å². The number of benzene rings is 1. The third kappa shape index (κ3) is 2.09. The second kappa shape index (κ2) is 4.93. The Balaban J connectivity index is 1.79. The van der Waals surface area contributed by atoms with Crippen LogP contribution in [-0.2, 0) is 16.0 Å². The molecule has 2 aliphatic carbocycles. The maximum Gasteiger partial charge on any atom is 0.243 e. The molecule has 1 saturated carbocycles. The van der Waals surface area contributed by atoms with E-state index in [1.54, 1.807) is 0 Å². The van der Waals surface area contributed by atoms with E-state index in [1.807, 2.05) is 18.2 Å². The lowest BCUT2D eigenvalue weighted by molar-refractivity contribution is -0.132. The molecule has 1 unspecified atom stereocenters. The molecule has 3 rings (SSSR count). The maximum atomic E-state index is 12.6. The van der Waals surface area contributed by atoms with Gasteiger partial charge in [0, 0.05) is 0 Å². The molecule has 1 aromatic carbocycles. The summed E-state index contributed by atoms with van der Waals surface area (Å²) >= 11 is 0. The first-order valence-corrected chi connectivity index (χ1v) is 7.32. The van der Waals surface area contributed by atoms with E-state index in [0.29, 0.717) is 12.8 Å². The summed E-state index contributed by atoms with van der Waals surface area (Å²) < 4.78 is 0. The Morgan fingerprint density at radius 1 is 1.20 bits per heavy atom. The Kier molecular flexibility index (Phi) is 3.24. The van der Waals surface area contributed by atoms with Gasteiger partial charge in [-0.25, -0.2) is 0 Å². The highest BCUT2D eigenvalue weighted by Crippen LogP contribution is 2.35. The normalized spacial score (nSPS) is 23.3. The van der Waals surface area contributed by atoms with Crippen molar-refractivity contribution < 1.29 is 9.59 Å². The highest BCUT2D eigenvalue weighted by atomic mass is 16.2. The van der Waals surface area contributed by atoms with Crippen molar-refractivity contribution in [2.75, 3.05) is 0 Å². The van der Waals surface area contributed by atoms with Crippen LogP contribution >= 0.6 is 0 Å². The van der Waals surface area contributed by atoms with Crippen LogP contribution in [0.1, 0.15) is 49.1 Å². The fourth-order valence-corrected chi connectivity index (χ4v) is 3.56. The van der Waals surface area contributed by atoms with Crippen molar-refractivity contribution >= 4 is 11.8 Å². The van der Waals surface area contributed by atoms with Gasteiger partial charge in [-0.05, 0) is 36.8 Å². The maximum absolute atomic E-state index is 12.6. The van der Waals surface area contributed by atoms with E-state index in [4.69, 9.17) is 5.73 Å². The number of nitrogens with two attached hydrogens (primary N) is 1. The van der Waals surface area contributed by atoms with Gasteiger partial charge in [0.25, 0.3) is 0 Å². The second-order valence-corrected chi connectivity index (χ2v) is 5.93. The molecular weight excluding hydrogens is 252 g/mol. The number of primary amides is 1. The average molecular weight is 272 g/mol. The monoisotopic (exact) mass is 272 g/mol. The Morgan fingerprint density at radius 3 is 2.60 bits per heavy atom. The summed E-state index contributed by atoms with van der Waals surface area (Å²) in [5.74, 6) is -0.576. The average Bonchev–Trinajstić information content (AvgIpc) is 3.05. The number of fused-ring (bicyclic) bond motifs is 1. The molecule has 0 aromatic heterocycles. The second-order valence-electron chi connectivity index (χ2n) is 5.93. The molecule has 0 bridgehead atoms. The lowest BCUT2D eigenvalue weighted by Gasteiger charge is -2.28. The zero-order valence-electron chi connectivity index (χ0n) is 11.5. The smallest absolute Gasteiger partial charge is 0.243 e. The molecule has 1 fully saturated rings. The van der Waals surface area contributed by atoms with Gasteiger partial charge in [-0.1, -0.05) is 37.1 Å². The molecule has 0 aliphatic heterocycles. The number of rotatable bonds is 3. The predicted octanol–water partition coefficient (Wildman–Crippen LogP) is 1.63. The Hall–Kier alpha value is -1.84. The summed E-state index contributed by atoms with van der Waals surface area (Å²) in [6.07, 6.45) is 4.98. The predicted molar refractivity (Wildman–Crippen MR) is 76.0 cm³/mol. The van der Waals surface area contributed by atoms with Crippen molar-refractivity contribution in [1.29, 1.82) is 0 Å². The Bertz CT molecular complexity index is 547. The number of carbonyl (C=O) groups excluding carboxylic acids is 2. The molecule has 106 valence electrons. The van der Waals surface area contributed by atoms with Crippen molar-refractivity contribution in [3.8, 4) is 0 Å². The van der Waals surface area contributed by atoms with Crippen molar-refractivity contribution in [1.82, 2.24) is 5.32 Å². The molecule has 1 aromatic rings. The van der Waals surface area contributed by atoms with Gasteiger partial charge in [0.15, 0.2) is 0 Å². The van der Waals surface area contributed by atoms with E-state index in [-0.39, 0.29) is 11.8 Å². The topological polar surface area (TPSA) is 72.2 Å². The van der Waals surface area contributed by atoms with E-state index in [1.165, 1.54) is 5.56 Å². The van der Waals surface area contributed by atoms with Crippen LogP contribution in [0.5, 0.6) is 0 Å². The summed E-state index contributed by atoms with van der Waals surface area (Å²) in [6, 6.07) is 8.05. The number of amides is 2. The highest BCUT2D eigenvalue weighted by molar-refractivity contribution is 5.93. The SMILES string of the molecule is NC(=O)C1(NC(=O)C2CCc3ccccc32)CCCC1. The summed E-state index contributed by atoms with van der Waals surface area (Å²) in [5, 5.41) is 2.96. The standard InChI is InChI=1S/C16H20N2O2/c17-15(20)16(9-3-4-10-16)18-14(19)13-8-7-11-5-1-2-6-12(11)13/h1-2,5-6,13H,3-4,7-10H2,(H2,17,20)(H,18,19). The molecule has 1 atom stereocenters. The zero-order valence-corrected chi connectivity index (χ0v) is 11.5. The number of carbonyl (C=O) groups is 2. The number of hydrogen-bond donors (Lipinski definition) is 2. The Morgan fingerprint density at radius 2 is 1.90 bits per heavy atom. The molecule has 0 heterocycles. The van der Waals surface area contributed by atoms with Crippen molar-refractivity contribution in [3.05, 3.63) is 35.4 Å². The molecule has 0 saturated heterocycles. The summed E-state index contributed by atoms with van der Waals surface area (Å²) in [6.45, 7) is 0. The van der Waals surface area contributed by atoms with Crippen LogP contribution in [0.15, 0.2) is 24.3 Å². The van der Waals surface area contributed by atoms with E-state index >= 15 is 0 Å². The number of aryl methyl sites for hydroxylation is 1. The lowest BCUT2D eigenvalue weighted by Crippen LogP contribution is -2.56. The van der Waals surface area contributed by atoms with Gasteiger partial charge in [0.1, 0.15) is 5.54 Å². The van der Waals surface area contributed by atoms with Crippen molar-refractivity contribution in [2.45, 2.75) is 50.0 Å². The third-order valence-electron chi connectivity index (χ3n) is 4.74.